The van der Waals surface area contributed by atoms with Gasteiger partial charge in [-0.3, -0.25) is 5.32 Å². The summed E-state index contributed by atoms with van der Waals surface area (Å²) in [7, 11) is -2.53. The summed E-state index contributed by atoms with van der Waals surface area (Å²) in [6.07, 6.45) is -1.49. The lowest BCUT2D eigenvalue weighted by Crippen LogP contribution is -2.33. The number of halogens is 3. The second-order valence-corrected chi connectivity index (χ2v) is 10.3. The van der Waals surface area contributed by atoms with Crippen molar-refractivity contribution in [3.05, 3.63) is 36.5 Å². The summed E-state index contributed by atoms with van der Waals surface area (Å²) in [6, 6.07) is 1.56. The molecule has 1 atom stereocenters. The normalized spacial score (nSPS) is 16.3. The first-order valence-electron chi connectivity index (χ1n) is 10.3. The zero-order valence-electron chi connectivity index (χ0n) is 19.2. The average molecular weight is 527 g/mol. The third-order valence-corrected chi connectivity index (χ3v) is 6.34. The van der Waals surface area contributed by atoms with Gasteiger partial charge in [-0.2, -0.15) is 18.3 Å². The third kappa shape index (κ3) is 5.23. The Morgan fingerprint density at radius 3 is 2.78 bits per heavy atom. The lowest BCUT2D eigenvalue weighted by atomic mass is 9.94. The number of aromatic nitrogens is 5. The summed E-state index contributed by atoms with van der Waals surface area (Å²) >= 11 is 0. The van der Waals surface area contributed by atoms with Crippen LogP contribution in [-0.2, 0) is 22.6 Å². The number of carbonyl (C=O) groups is 1. The van der Waals surface area contributed by atoms with Gasteiger partial charge >= 0.3 is 12.2 Å². The molecule has 0 saturated heterocycles. The van der Waals surface area contributed by atoms with Crippen molar-refractivity contribution in [3.63, 3.8) is 0 Å². The molecule has 0 aromatic carbocycles. The number of rotatable bonds is 4. The minimum atomic E-state index is -4.89. The summed E-state index contributed by atoms with van der Waals surface area (Å²) in [5, 5.41) is 12.1. The molecule has 0 bridgehead atoms. The van der Waals surface area contributed by atoms with Crippen molar-refractivity contribution in [2.45, 2.75) is 31.5 Å². The van der Waals surface area contributed by atoms with Crippen LogP contribution in [0.25, 0.3) is 11.1 Å². The number of urea groups is 1. The Morgan fingerprint density at radius 2 is 2.08 bits per heavy atom. The SMILES string of the molecule is COc1cc(-c2cnc(C(F)(F)F)nc2NC(=O)N=[S@](N)(=O)c2cnn3c2OCC(C)(C)C3)ccn1. The van der Waals surface area contributed by atoms with E-state index < -0.39 is 33.8 Å². The third-order valence-electron chi connectivity index (χ3n) is 4.99. The van der Waals surface area contributed by atoms with E-state index in [0.717, 1.165) is 6.20 Å². The summed E-state index contributed by atoms with van der Waals surface area (Å²) < 4.78 is 68.5. The molecule has 3 N–H and O–H groups in total. The minimum absolute atomic E-state index is 0.00393. The van der Waals surface area contributed by atoms with Crippen LogP contribution in [-0.4, -0.2) is 48.7 Å². The summed E-state index contributed by atoms with van der Waals surface area (Å²) in [5.74, 6) is -1.78. The molecule has 192 valence electrons. The van der Waals surface area contributed by atoms with E-state index in [9.17, 15) is 22.2 Å². The maximum Gasteiger partial charge on any atom is 0.451 e. The van der Waals surface area contributed by atoms with E-state index in [4.69, 9.17) is 14.6 Å². The predicted molar refractivity (Wildman–Crippen MR) is 120 cm³/mol. The van der Waals surface area contributed by atoms with Gasteiger partial charge in [-0.15, -0.1) is 4.36 Å². The Balaban J connectivity index is 1.71. The molecule has 3 aromatic heterocycles. The van der Waals surface area contributed by atoms with Gasteiger partial charge < -0.3 is 9.47 Å². The van der Waals surface area contributed by atoms with Crippen LogP contribution in [0.4, 0.5) is 23.8 Å². The molecule has 0 aliphatic carbocycles. The van der Waals surface area contributed by atoms with E-state index in [1.54, 1.807) is 0 Å². The van der Waals surface area contributed by atoms with Gasteiger partial charge in [0.05, 0.1) is 26.5 Å². The molecule has 0 saturated carbocycles. The van der Waals surface area contributed by atoms with Crippen molar-refractivity contribution in [1.82, 2.24) is 24.7 Å². The van der Waals surface area contributed by atoms with Crippen molar-refractivity contribution in [2.24, 2.45) is 14.9 Å². The van der Waals surface area contributed by atoms with E-state index in [1.165, 1.54) is 36.3 Å². The molecule has 0 spiro atoms. The molecule has 0 radical (unpaired) electrons. The molecule has 36 heavy (non-hydrogen) atoms. The molecule has 16 heteroatoms. The number of nitrogens with zero attached hydrogens (tertiary/aromatic N) is 6. The van der Waals surface area contributed by atoms with Gasteiger partial charge in [0, 0.05) is 29.4 Å². The van der Waals surface area contributed by atoms with Gasteiger partial charge in [0.1, 0.15) is 10.7 Å². The van der Waals surface area contributed by atoms with Crippen LogP contribution in [0.5, 0.6) is 11.8 Å². The topological polar surface area (TPSA) is 160 Å². The number of anilines is 1. The largest absolute Gasteiger partial charge is 0.481 e. The van der Waals surface area contributed by atoms with E-state index in [2.05, 4.69) is 29.7 Å². The zero-order chi connectivity index (χ0) is 26.3. The first kappa shape index (κ1) is 25.3. The molecule has 3 aromatic rings. The lowest BCUT2D eigenvalue weighted by Gasteiger charge is -2.30. The van der Waals surface area contributed by atoms with Gasteiger partial charge in [0.15, 0.2) is 9.92 Å². The van der Waals surface area contributed by atoms with E-state index in [0.29, 0.717) is 12.1 Å². The van der Waals surface area contributed by atoms with Crippen LogP contribution in [0.1, 0.15) is 19.7 Å². The quantitative estimate of drug-likeness (QED) is 0.524. The van der Waals surface area contributed by atoms with Gasteiger partial charge in [-0.05, 0) is 11.6 Å². The Bertz CT molecular complexity index is 1450. The van der Waals surface area contributed by atoms with Gasteiger partial charge in [-0.25, -0.2) is 33.8 Å². The molecule has 0 unspecified atom stereocenters. The number of carbonyl (C=O) groups excluding carboxylic acids is 1. The number of alkyl halides is 3. The van der Waals surface area contributed by atoms with Gasteiger partial charge in [-0.1, -0.05) is 13.8 Å². The molecule has 1 aliphatic heterocycles. The Hall–Kier alpha value is -3.79. The number of nitrogens with two attached hydrogens (primary N) is 1. The fourth-order valence-corrected chi connectivity index (χ4v) is 4.34. The van der Waals surface area contributed by atoms with Crippen molar-refractivity contribution >= 4 is 21.8 Å². The second kappa shape index (κ2) is 9.02. The first-order chi connectivity index (χ1) is 16.8. The summed E-state index contributed by atoms with van der Waals surface area (Å²) in [5.41, 5.74) is 0.0560. The number of hydrogen-bond donors (Lipinski definition) is 2. The minimum Gasteiger partial charge on any atom is -0.481 e. The number of hydrogen-bond acceptors (Lipinski definition) is 8. The number of pyridine rings is 1. The number of amides is 2. The second-order valence-electron chi connectivity index (χ2n) is 8.56. The Labute approximate surface area is 203 Å². The molecule has 0 fully saturated rings. The molecular formula is C20H21F3N8O4S. The van der Waals surface area contributed by atoms with Crippen LogP contribution in [0.15, 0.2) is 40.0 Å². The molecule has 2 amide bonds. The fraction of sp³-hybridized carbons (Fsp3) is 0.350. The van der Waals surface area contributed by atoms with Gasteiger partial charge in [0.25, 0.3) is 0 Å². The van der Waals surface area contributed by atoms with E-state index >= 15 is 0 Å². The van der Waals surface area contributed by atoms with Crippen LogP contribution >= 0.6 is 0 Å². The highest BCUT2D eigenvalue weighted by Gasteiger charge is 2.36. The van der Waals surface area contributed by atoms with Crippen LogP contribution in [0.2, 0.25) is 0 Å². The average Bonchev–Trinajstić information content (AvgIpc) is 3.21. The fourth-order valence-electron chi connectivity index (χ4n) is 3.34. The van der Waals surface area contributed by atoms with Crippen molar-refractivity contribution in [2.75, 3.05) is 19.0 Å². The first-order valence-corrected chi connectivity index (χ1v) is 11.9. The number of nitrogens with one attached hydrogen (secondary N) is 1. The summed E-state index contributed by atoms with van der Waals surface area (Å²) in [4.78, 5) is 23.3. The summed E-state index contributed by atoms with van der Waals surface area (Å²) in [6.45, 7) is 4.63. The highest BCUT2D eigenvalue weighted by atomic mass is 32.2. The maximum absolute atomic E-state index is 13.2. The molecule has 4 rings (SSSR count). The van der Waals surface area contributed by atoms with Crippen molar-refractivity contribution < 1.29 is 31.6 Å². The number of methoxy groups -OCH3 is 1. The molecular weight excluding hydrogens is 505 g/mol. The van der Waals surface area contributed by atoms with E-state index in [1.807, 2.05) is 13.8 Å². The Morgan fingerprint density at radius 1 is 1.33 bits per heavy atom. The highest BCUT2D eigenvalue weighted by molar-refractivity contribution is 7.91. The van der Waals surface area contributed by atoms with Gasteiger partial charge in [0.2, 0.25) is 17.6 Å². The van der Waals surface area contributed by atoms with E-state index in [-0.39, 0.29) is 34.2 Å². The monoisotopic (exact) mass is 526 g/mol. The van der Waals surface area contributed by atoms with Crippen molar-refractivity contribution in [1.29, 1.82) is 0 Å². The molecule has 1 aliphatic rings. The number of ether oxygens (including phenoxy) is 2. The van der Waals surface area contributed by atoms with Crippen LogP contribution in [0.3, 0.4) is 0 Å². The zero-order valence-corrected chi connectivity index (χ0v) is 20.1. The molecule has 12 nitrogen and oxygen atoms in total. The maximum atomic E-state index is 13.2. The number of fused-ring (bicyclic) bond motifs is 1. The smallest absolute Gasteiger partial charge is 0.451 e. The van der Waals surface area contributed by atoms with Crippen molar-refractivity contribution in [3.8, 4) is 22.9 Å². The van der Waals surface area contributed by atoms with Crippen LogP contribution < -0.4 is 19.9 Å². The lowest BCUT2D eigenvalue weighted by molar-refractivity contribution is -0.144. The Kier molecular flexibility index (Phi) is 6.34. The standard InChI is InChI=1S/C20H21F3N8O4S/c1-19(2)9-31-16(35-10-19)13(8-27-31)36(24,33)30-18(32)29-15-12(7-26-17(28-15)20(21,22)23)11-4-5-25-14(6-11)34-3/h4-8H,9-10H2,1-3H3,(H3,24,26,28,29,30,32,33)/t36-/m0/s1. The van der Waals surface area contributed by atoms with Crippen LogP contribution in [0, 0.1) is 5.41 Å². The highest BCUT2D eigenvalue weighted by Crippen LogP contribution is 2.34. The predicted octanol–water partition coefficient (Wildman–Crippen LogP) is 3.11. The molecule has 4 heterocycles.